The van der Waals surface area contributed by atoms with Gasteiger partial charge < -0.3 is 5.32 Å². The molecular formula is C13H15ClFNO3S. The van der Waals surface area contributed by atoms with Crippen LogP contribution in [0.1, 0.15) is 12.0 Å². The smallest absolute Gasteiger partial charge is 0.153 e. The van der Waals surface area contributed by atoms with Crippen LogP contribution in [-0.4, -0.2) is 38.3 Å². The molecule has 1 heterocycles. The number of hydrogen-bond acceptors (Lipinski definition) is 4. The normalized spacial score (nSPS) is 21.6. The molecular weight excluding hydrogens is 305 g/mol. The van der Waals surface area contributed by atoms with E-state index in [0.717, 1.165) is 0 Å². The number of sulfone groups is 1. The van der Waals surface area contributed by atoms with E-state index in [0.29, 0.717) is 12.1 Å². The molecule has 1 atom stereocenters. The standard InChI is InChI=1S/C13H15ClFNO3S/c14-13-9(2-1-3-12(13)15)6-11(17)7-10-8-20(18,19)5-4-16-10/h1-3,10,16H,4-8H2. The summed E-state index contributed by atoms with van der Waals surface area (Å²) in [6, 6.07) is 3.95. The summed E-state index contributed by atoms with van der Waals surface area (Å²) in [5.41, 5.74) is 0.426. The predicted molar refractivity (Wildman–Crippen MR) is 75.2 cm³/mol. The first-order chi connectivity index (χ1) is 9.37. The number of ketones is 1. The van der Waals surface area contributed by atoms with Crippen molar-refractivity contribution in [3.63, 3.8) is 0 Å². The van der Waals surface area contributed by atoms with Gasteiger partial charge in [0.15, 0.2) is 9.84 Å². The summed E-state index contributed by atoms with van der Waals surface area (Å²) in [5, 5.41) is 2.96. The largest absolute Gasteiger partial charge is 0.312 e. The van der Waals surface area contributed by atoms with Gasteiger partial charge in [-0.15, -0.1) is 0 Å². The zero-order valence-corrected chi connectivity index (χ0v) is 12.3. The third-order valence-electron chi connectivity index (χ3n) is 3.19. The number of carbonyl (C=O) groups excluding carboxylic acids is 1. The molecule has 1 aliphatic heterocycles. The molecule has 0 aromatic heterocycles. The number of rotatable bonds is 4. The molecule has 0 amide bonds. The number of halogens is 2. The van der Waals surface area contributed by atoms with E-state index < -0.39 is 15.7 Å². The van der Waals surface area contributed by atoms with Crippen LogP contribution in [0.15, 0.2) is 18.2 Å². The molecule has 1 fully saturated rings. The van der Waals surface area contributed by atoms with E-state index in [1.54, 1.807) is 6.07 Å². The first-order valence-corrected chi connectivity index (χ1v) is 8.46. The summed E-state index contributed by atoms with van der Waals surface area (Å²) < 4.78 is 36.2. The molecule has 4 nitrogen and oxygen atoms in total. The molecule has 110 valence electrons. The molecule has 1 aromatic carbocycles. The summed E-state index contributed by atoms with van der Waals surface area (Å²) in [5.74, 6) is -0.648. The topological polar surface area (TPSA) is 63.2 Å². The van der Waals surface area contributed by atoms with Crippen LogP contribution in [0.3, 0.4) is 0 Å². The first kappa shape index (κ1) is 15.4. The Balaban J connectivity index is 1.97. The molecule has 1 unspecified atom stereocenters. The van der Waals surface area contributed by atoms with E-state index in [1.165, 1.54) is 12.1 Å². The zero-order chi connectivity index (χ0) is 14.8. The van der Waals surface area contributed by atoms with Crippen LogP contribution in [0.5, 0.6) is 0 Å². The van der Waals surface area contributed by atoms with Gasteiger partial charge in [0, 0.05) is 25.4 Å². The summed E-state index contributed by atoms with van der Waals surface area (Å²) in [6.45, 7) is 0.362. The number of nitrogens with one attached hydrogen (secondary N) is 1. The van der Waals surface area contributed by atoms with Crippen LogP contribution >= 0.6 is 11.6 Å². The minimum absolute atomic E-state index is 0.00875. The Morgan fingerprint density at radius 3 is 2.90 bits per heavy atom. The van der Waals surface area contributed by atoms with Gasteiger partial charge in [-0.25, -0.2) is 12.8 Å². The van der Waals surface area contributed by atoms with Crippen molar-refractivity contribution in [3.05, 3.63) is 34.6 Å². The Kier molecular flexibility index (Phi) is 4.78. The van der Waals surface area contributed by atoms with Crippen LogP contribution < -0.4 is 5.32 Å². The molecule has 0 bridgehead atoms. The Morgan fingerprint density at radius 2 is 2.20 bits per heavy atom. The minimum Gasteiger partial charge on any atom is -0.312 e. The highest BCUT2D eigenvalue weighted by Gasteiger charge is 2.26. The van der Waals surface area contributed by atoms with Crippen molar-refractivity contribution >= 4 is 27.2 Å². The van der Waals surface area contributed by atoms with Gasteiger partial charge in [-0.1, -0.05) is 23.7 Å². The van der Waals surface area contributed by atoms with Crippen molar-refractivity contribution in [2.75, 3.05) is 18.1 Å². The lowest BCUT2D eigenvalue weighted by Gasteiger charge is -2.23. The zero-order valence-electron chi connectivity index (χ0n) is 10.7. The molecule has 0 spiro atoms. The van der Waals surface area contributed by atoms with Gasteiger partial charge in [0.1, 0.15) is 11.6 Å². The van der Waals surface area contributed by atoms with E-state index in [9.17, 15) is 17.6 Å². The van der Waals surface area contributed by atoms with E-state index in [-0.39, 0.29) is 41.2 Å². The summed E-state index contributed by atoms with van der Waals surface area (Å²) >= 11 is 5.79. The fraction of sp³-hybridized carbons (Fsp3) is 0.462. The maximum absolute atomic E-state index is 13.3. The van der Waals surface area contributed by atoms with Crippen molar-refractivity contribution in [2.24, 2.45) is 0 Å². The van der Waals surface area contributed by atoms with Crippen molar-refractivity contribution in [1.82, 2.24) is 5.32 Å². The second kappa shape index (κ2) is 6.20. The third-order valence-corrected chi connectivity index (χ3v) is 5.35. The van der Waals surface area contributed by atoms with Gasteiger partial charge in [-0.3, -0.25) is 4.79 Å². The fourth-order valence-electron chi connectivity index (χ4n) is 2.24. The van der Waals surface area contributed by atoms with Crippen molar-refractivity contribution in [1.29, 1.82) is 0 Å². The monoisotopic (exact) mass is 319 g/mol. The summed E-state index contributed by atoms with van der Waals surface area (Å²) in [6.07, 6.45) is 0.112. The number of hydrogen-bond donors (Lipinski definition) is 1. The van der Waals surface area contributed by atoms with Gasteiger partial charge in [0.2, 0.25) is 0 Å². The fourth-order valence-corrected chi connectivity index (χ4v) is 3.88. The summed E-state index contributed by atoms with van der Waals surface area (Å²) in [7, 11) is -3.07. The van der Waals surface area contributed by atoms with Crippen LogP contribution in [0.2, 0.25) is 5.02 Å². The quantitative estimate of drug-likeness (QED) is 0.910. The lowest BCUT2D eigenvalue weighted by Crippen LogP contribution is -2.46. The molecule has 1 saturated heterocycles. The highest BCUT2D eigenvalue weighted by Crippen LogP contribution is 2.21. The Bertz CT molecular complexity index is 618. The van der Waals surface area contributed by atoms with Gasteiger partial charge >= 0.3 is 0 Å². The molecule has 0 saturated carbocycles. The average Bonchev–Trinajstić information content (AvgIpc) is 2.33. The lowest BCUT2D eigenvalue weighted by atomic mass is 10.0. The molecule has 0 radical (unpaired) electrons. The van der Waals surface area contributed by atoms with Crippen molar-refractivity contribution in [3.8, 4) is 0 Å². The molecule has 7 heteroatoms. The van der Waals surface area contributed by atoms with Crippen LogP contribution in [0.25, 0.3) is 0 Å². The van der Waals surface area contributed by atoms with Gasteiger partial charge in [0.05, 0.1) is 16.5 Å². The van der Waals surface area contributed by atoms with Gasteiger partial charge in [-0.05, 0) is 11.6 Å². The molecule has 1 N–H and O–H groups in total. The molecule has 20 heavy (non-hydrogen) atoms. The van der Waals surface area contributed by atoms with E-state index in [1.807, 2.05) is 0 Å². The maximum atomic E-state index is 13.3. The minimum atomic E-state index is -3.07. The van der Waals surface area contributed by atoms with E-state index >= 15 is 0 Å². The number of carbonyl (C=O) groups is 1. The van der Waals surface area contributed by atoms with Crippen LogP contribution in [-0.2, 0) is 21.1 Å². The molecule has 2 rings (SSSR count). The Morgan fingerprint density at radius 1 is 1.45 bits per heavy atom. The number of Topliss-reactive ketones (excluding diaryl/α,β-unsaturated/α-hetero) is 1. The second-order valence-electron chi connectivity index (χ2n) is 4.90. The first-order valence-electron chi connectivity index (χ1n) is 6.26. The highest BCUT2D eigenvalue weighted by atomic mass is 35.5. The maximum Gasteiger partial charge on any atom is 0.153 e. The second-order valence-corrected chi connectivity index (χ2v) is 7.50. The highest BCUT2D eigenvalue weighted by molar-refractivity contribution is 7.91. The van der Waals surface area contributed by atoms with Gasteiger partial charge in [0.25, 0.3) is 0 Å². The van der Waals surface area contributed by atoms with Gasteiger partial charge in [-0.2, -0.15) is 0 Å². The van der Waals surface area contributed by atoms with Crippen LogP contribution in [0.4, 0.5) is 4.39 Å². The Labute approximate surface area is 122 Å². The van der Waals surface area contributed by atoms with Crippen molar-refractivity contribution in [2.45, 2.75) is 18.9 Å². The third kappa shape index (κ3) is 4.01. The van der Waals surface area contributed by atoms with E-state index in [4.69, 9.17) is 11.6 Å². The summed E-state index contributed by atoms with van der Waals surface area (Å²) in [4.78, 5) is 11.9. The number of benzene rings is 1. The van der Waals surface area contributed by atoms with E-state index in [2.05, 4.69) is 5.32 Å². The lowest BCUT2D eigenvalue weighted by molar-refractivity contribution is -0.118. The predicted octanol–water partition coefficient (Wildman–Crippen LogP) is 1.37. The molecule has 1 aliphatic rings. The molecule has 0 aliphatic carbocycles. The Hall–Kier alpha value is -0.980. The van der Waals surface area contributed by atoms with Crippen LogP contribution in [0, 0.1) is 5.82 Å². The molecule has 1 aromatic rings. The SMILES string of the molecule is O=C(Cc1cccc(F)c1Cl)CC1CS(=O)(=O)CCN1. The average molecular weight is 320 g/mol. The van der Waals surface area contributed by atoms with Crippen molar-refractivity contribution < 1.29 is 17.6 Å².